The fourth-order valence-electron chi connectivity index (χ4n) is 3.24. The van der Waals surface area contributed by atoms with Crippen molar-refractivity contribution >= 4 is 5.91 Å². The van der Waals surface area contributed by atoms with E-state index in [1.54, 1.807) is 6.20 Å². The number of benzene rings is 1. The first kappa shape index (κ1) is 17.7. The number of piperidine rings is 1. The van der Waals surface area contributed by atoms with E-state index in [4.69, 9.17) is 4.42 Å². The SMILES string of the molecule is CC1CCN(C(=O)[C@H](C)N[C@@H](C)c2ncc(-c3ccccc3)o2)CC1. The van der Waals surface area contributed by atoms with Crippen molar-refractivity contribution in [3.05, 3.63) is 42.4 Å². The molecule has 3 rings (SSSR count). The van der Waals surface area contributed by atoms with E-state index < -0.39 is 0 Å². The summed E-state index contributed by atoms with van der Waals surface area (Å²) in [6.45, 7) is 7.86. The van der Waals surface area contributed by atoms with Crippen LogP contribution in [0.15, 0.2) is 40.9 Å². The lowest BCUT2D eigenvalue weighted by Crippen LogP contribution is -2.48. The van der Waals surface area contributed by atoms with Crippen molar-refractivity contribution in [2.24, 2.45) is 5.92 Å². The Morgan fingerprint density at radius 3 is 2.60 bits per heavy atom. The molecule has 5 heteroatoms. The Morgan fingerprint density at radius 2 is 1.92 bits per heavy atom. The van der Waals surface area contributed by atoms with Gasteiger partial charge in [0.25, 0.3) is 0 Å². The average Bonchev–Trinajstić information content (AvgIpc) is 3.13. The van der Waals surface area contributed by atoms with E-state index in [0.717, 1.165) is 43.2 Å². The smallest absolute Gasteiger partial charge is 0.239 e. The number of nitrogens with zero attached hydrogens (tertiary/aromatic N) is 2. The van der Waals surface area contributed by atoms with Gasteiger partial charge >= 0.3 is 0 Å². The number of aromatic nitrogens is 1. The number of rotatable bonds is 5. The van der Waals surface area contributed by atoms with Crippen LogP contribution in [0.4, 0.5) is 0 Å². The number of likely N-dealkylation sites (tertiary alicyclic amines) is 1. The molecule has 0 spiro atoms. The molecule has 0 unspecified atom stereocenters. The van der Waals surface area contributed by atoms with Gasteiger partial charge in [-0.05, 0) is 32.6 Å². The Labute approximate surface area is 149 Å². The summed E-state index contributed by atoms with van der Waals surface area (Å²) >= 11 is 0. The van der Waals surface area contributed by atoms with Crippen molar-refractivity contribution in [1.29, 1.82) is 0 Å². The minimum Gasteiger partial charge on any atom is -0.439 e. The summed E-state index contributed by atoms with van der Waals surface area (Å²) in [6.07, 6.45) is 3.92. The van der Waals surface area contributed by atoms with E-state index in [1.807, 2.05) is 49.1 Å². The zero-order chi connectivity index (χ0) is 17.8. The highest BCUT2D eigenvalue weighted by atomic mass is 16.4. The molecule has 1 aromatic carbocycles. The second kappa shape index (κ2) is 7.83. The summed E-state index contributed by atoms with van der Waals surface area (Å²) < 4.78 is 5.87. The lowest BCUT2D eigenvalue weighted by atomic mass is 9.99. The van der Waals surface area contributed by atoms with Crippen LogP contribution in [-0.4, -0.2) is 34.9 Å². The Morgan fingerprint density at radius 1 is 1.24 bits per heavy atom. The van der Waals surface area contributed by atoms with Gasteiger partial charge in [0.15, 0.2) is 5.76 Å². The molecule has 1 saturated heterocycles. The number of hydrogen-bond acceptors (Lipinski definition) is 4. The van der Waals surface area contributed by atoms with Gasteiger partial charge in [-0.2, -0.15) is 0 Å². The maximum atomic E-state index is 12.6. The average molecular weight is 341 g/mol. The van der Waals surface area contributed by atoms with E-state index in [0.29, 0.717) is 5.89 Å². The van der Waals surface area contributed by atoms with Crippen molar-refractivity contribution in [2.45, 2.75) is 45.7 Å². The number of carbonyl (C=O) groups excluding carboxylic acids is 1. The van der Waals surface area contributed by atoms with Gasteiger partial charge in [-0.15, -0.1) is 0 Å². The number of carbonyl (C=O) groups is 1. The zero-order valence-electron chi connectivity index (χ0n) is 15.2. The van der Waals surface area contributed by atoms with Gasteiger partial charge in [0.1, 0.15) is 0 Å². The van der Waals surface area contributed by atoms with Gasteiger partial charge < -0.3 is 9.32 Å². The lowest BCUT2D eigenvalue weighted by Gasteiger charge is -2.32. The van der Waals surface area contributed by atoms with E-state index in [1.165, 1.54) is 0 Å². The molecule has 134 valence electrons. The van der Waals surface area contributed by atoms with Crippen LogP contribution in [0.5, 0.6) is 0 Å². The van der Waals surface area contributed by atoms with Gasteiger partial charge in [-0.25, -0.2) is 4.98 Å². The molecule has 2 atom stereocenters. The van der Waals surface area contributed by atoms with Gasteiger partial charge in [0.2, 0.25) is 11.8 Å². The molecule has 1 aliphatic rings. The topological polar surface area (TPSA) is 58.4 Å². The molecule has 1 amide bonds. The lowest BCUT2D eigenvalue weighted by molar-refractivity contribution is -0.134. The van der Waals surface area contributed by atoms with Gasteiger partial charge in [0, 0.05) is 18.7 Å². The normalized spacial score (nSPS) is 18.1. The van der Waals surface area contributed by atoms with Crippen LogP contribution in [0, 0.1) is 5.92 Å². The Bertz CT molecular complexity index is 690. The molecule has 1 N–H and O–H groups in total. The fourth-order valence-corrected chi connectivity index (χ4v) is 3.24. The number of nitrogens with one attached hydrogen (secondary N) is 1. The molecule has 1 fully saturated rings. The van der Waals surface area contributed by atoms with Crippen LogP contribution in [0.3, 0.4) is 0 Å². The third-order valence-corrected chi connectivity index (χ3v) is 4.92. The summed E-state index contributed by atoms with van der Waals surface area (Å²) in [4.78, 5) is 19.0. The Hall–Kier alpha value is -2.14. The Balaban J connectivity index is 1.59. The maximum absolute atomic E-state index is 12.6. The summed E-state index contributed by atoms with van der Waals surface area (Å²) in [6, 6.07) is 9.52. The van der Waals surface area contributed by atoms with Crippen molar-refractivity contribution in [2.75, 3.05) is 13.1 Å². The van der Waals surface area contributed by atoms with Crippen molar-refractivity contribution in [1.82, 2.24) is 15.2 Å². The highest BCUT2D eigenvalue weighted by Crippen LogP contribution is 2.23. The fraction of sp³-hybridized carbons (Fsp3) is 0.500. The van der Waals surface area contributed by atoms with Crippen LogP contribution >= 0.6 is 0 Å². The molecule has 2 heterocycles. The van der Waals surface area contributed by atoms with Gasteiger partial charge in [0.05, 0.1) is 18.3 Å². The van der Waals surface area contributed by atoms with Crippen LogP contribution < -0.4 is 5.32 Å². The number of oxazole rings is 1. The predicted octanol–water partition coefficient (Wildman–Crippen LogP) is 3.64. The van der Waals surface area contributed by atoms with E-state index in [-0.39, 0.29) is 18.0 Å². The Kier molecular flexibility index (Phi) is 5.53. The zero-order valence-corrected chi connectivity index (χ0v) is 15.2. The van der Waals surface area contributed by atoms with Gasteiger partial charge in [-0.3, -0.25) is 10.1 Å². The molecular weight excluding hydrogens is 314 g/mol. The van der Waals surface area contributed by atoms with E-state index >= 15 is 0 Å². The standard InChI is InChI=1S/C20H27N3O2/c1-14-9-11-23(12-10-14)20(24)16(3)22-15(2)19-21-13-18(25-19)17-7-5-4-6-8-17/h4-8,13-16,22H,9-12H2,1-3H3/t15-,16-/m0/s1. The monoisotopic (exact) mass is 341 g/mol. The highest BCUT2D eigenvalue weighted by Gasteiger charge is 2.26. The van der Waals surface area contributed by atoms with Gasteiger partial charge in [-0.1, -0.05) is 37.3 Å². The summed E-state index contributed by atoms with van der Waals surface area (Å²) in [5, 5.41) is 3.32. The molecule has 1 aliphatic heterocycles. The highest BCUT2D eigenvalue weighted by molar-refractivity contribution is 5.81. The summed E-state index contributed by atoms with van der Waals surface area (Å²) in [5.41, 5.74) is 1.00. The minimum atomic E-state index is -0.254. The summed E-state index contributed by atoms with van der Waals surface area (Å²) in [7, 11) is 0. The molecule has 0 bridgehead atoms. The maximum Gasteiger partial charge on any atom is 0.239 e. The molecule has 2 aromatic rings. The molecule has 0 radical (unpaired) electrons. The molecule has 5 nitrogen and oxygen atoms in total. The first-order valence-corrected chi connectivity index (χ1v) is 9.10. The van der Waals surface area contributed by atoms with Crippen LogP contribution in [0.25, 0.3) is 11.3 Å². The molecule has 0 saturated carbocycles. The predicted molar refractivity (Wildman–Crippen MR) is 97.9 cm³/mol. The van der Waals surface area contributed by atoms with Crippen LogP contribution in [-0.2, 0) is 4.79 Å². The molecule has 25 heavy (non-hydrogen) atoms. The quantitative estimate of drug-likeness (QED) is 0.902. The number of hydrogen-bond donors (Lipinski definition) is 1. The van der Waals surface area contributed by atoms with E-state index in [2.05, 4.69) is 17.2 Å². The summed E-state index contributed by atoms with van der Waals surface area (Å²) in [5.74, 6) is 2.22. The second-order valence-electron chi connectivity index (χ2n) is 7.05. The molecule has 0 aliphatic carbocycles. The first-order chi connectivity index (χ1) is 12.0. The minimum absolute atomic E-state index is 0.125. The number of amides is 1. The molecular formula is C20H27N3O2. The third kappa shape index (κ3) is 4.28. The van der Waals surface area contributed by atoms with Crippen molar-refractivity contribution in [3.8, 4) is 11.3 Å². The molecule has 1 aromatic heterocycles. The first-order valence-electron chi connectivity index (χ1n) is 9.10. The van der Waals surface area contributed by atoms with E-state index in [9.17, 15) is 4.79 Å². The van der Waals surface area contributed by atoms with Crippen LogP contribution in [0.1, 0.15) is 45.5 Å². The van der Waals surface area contributed by atoms with Crippen LogP contribution in [0.2, 0.25) is 0 Å². The van der Waals surface area contributed by atoms with Crippen molar-refractivity contribution in [3.63, 3.8) is 0 Å². The van der Waals surface area contributed by atoms with Crippen molar-refractivity contribution < 1.29 is 9.21 Å². The third-order valence-electron chi connectivity index (χ3n) is 4.92. The largest absolute Gasteiger partial charge is 0.439 e. The second-order valence-corrected chi connectivity index (χ2v) is 7.05.